The van der Waals surface area contributed by atoms with Crippen molar-refractivity contribution in [2.75, 3.05) is 31.6 Å². The Morgan fingerprint density at radius 2 is 2.12 bits per heavy atom. The van der Waals surface area contributed by atoms with Gasteiger partial charge < -0.3 is 15.5 Å². The summed E-state index contributed by atoms with van der Waals surface area (Å²) in [5, 5.41) is 0. The van der Waals surface area contributed by atoms with E-state index in [9.17, 15) is 0 Å². The Labute approximate surface area is 104 Å². The molecule has 0 saturated carbocycles. The topological polar surface area (TPSA) is 32.5 Å². The first-order valence-electron chi connectivity index (χ1n) is 6.36. The second-order valence-corrected chi connectivity index (χ2v) is 5.11. The molecule has 1 unspecified atom stereocenters. The predicted molar refractivity (Wildman–Crippen MR) is 73.4 cm³/mol. The number of benzene rings is 1. The molecule has 0 bridgehead atoms. The molecule has 1 heterocycles. The Kier molecular flexibility index (Phi) is 3.69. The first-order valence-corrected chi connectivity index (χ1v) is 6.36. The van der Waals surface area contributed by atoms with Crippen LogP contribution in [0.4, 0.5) is 5.69 Å². The molecule has 94 valence electrons. The Bertz CT molecular complexity index is 389. The first-order chi connectivity index (χ1) is 8.11. The molecule has 2 rings (SSSR count). The molecule has 1 aromatic rings. The SMILES string of the molecule is Cc1ccc(N2CCN(C)C(C)C2)c(CN)c1. The van der Waals surface area contributed by atoms with Crippen LogP contribution in [0.15, 0.2) is 18.2 Å². The predicted octanol–water partition coefficient (Wildman–Crippen LogP) is 1.59. The number of piperazine rings is 1. The third-order valence-electron chi connectivity index (χ3n) is 3.76. The molecule has 3 nitrogen and oxygen atoms in total. The maximum absolute atomic E-state index is 5.85. The summed E-state index contributed by atoms with van der Waals surface area (Å²) in [6.07, 6.45) is 0. The second kappa shape index (κ2) is 5.07. The molecule has 1 saturated heterocycles. The van der Waals surface area contributed by atoms with Gasteiger partial charge in [-0.25, -0.2) is 0 Å². The van der Waals surface area contributed by atoms with Crippen molar-refractivity contribution in [1.82, 2.24) is 4.90 Å². The van der Waals surface area contributed by atoms with E-state index in [1.54, 1.807) is 0 Å². The Morgan fingerprint density at radius 1 is 1.35 bits per heavy atom. The van der Waals surface area contributed by atoms with Crippen LogP contribution in [0.3, 0.4) is 0 Å². The van der Waals surface area contributed by atoms with E-state index in [0.717, 1.165) is 19.6 Å². The molecule has 1 fully saturated rings. The lowest BCUT2D eigenvalue weighted by Crippen LogP contribution is -2.50. The molecule has 3 heteroatoms. The second-order valence-electron chi connectivity index (χ2n) is 5.11. The molecule has 1 aliphatic rings. The van der Waals surface area contributed by atoms with E-state index < -0.39 is 0 Å². The molecule has 0 aromatic heterocycles. The van der Waals surface area contributed by atoms with Crippen molar-refractivity contribution in [2.45, 2.75) is 26.4 Å². The van der Waals surface area contributed by atoms with Crippen molar-refractivity contribution < 1.29 is 0 Å². The van der Waals surface area contributed by atoms with Crippen molar-refractivity contribution in [3.8, 4) is 0 Å². The third kappa shape index (κ3) is 2.61. The van der Waals surface area contributed by atoms with Gasteiger partial charge in [0.25, 0.3) is 0 Å². The van der Waals surface area contributed by atoms with Gasteiger partial charge in [0.05, 0.1) is 0 Å². The van der Waals surface area contributed by atoms with E-state index in [1.165, 1.54) is 16.8 Å². The first kappa shape index (κ1) is 12.4. The fraction of sp³-hybridized carbons (Fsp3) is 0.571. The van der Waals surface area contributed by atoms with Crippen LogP contribution in [0.2, 0.25) is 0 Å². The fourth-order valence-electron chi connectivity index (χ4n) is 2.45. The van der Waals surface area contributed by atoms with Crippen LogP contribution in [0, 0.1) is 6.92 Å². The van der Waals surface area contributed by atoms with E-state index in [1.807, 2.05) is 0 Å². The smallest absolute Gasteiger partial charge is 0.0412 e. The maximum Gasteiger partial charge on any atom is 0.0412 e. The summed E-state index contributed by atoms with van der Waals surface area (Å²) in [4.78, 5) is 4.87. The highest BCUT2D eigenvalue weighted by molar-refractivity contribution is 5.55. The number of likely N-dealkylation sites (N-methyl/N-ethyl adjacent to an activating group) is 1. The van der Waals surface area contributed by atoms with Gasteiger partial charge in [-0.2, -0.15) is 0 Å². The average molecular weight is 233 g/mol. The normalized spacial score (nSPS) is 21.9. The summed E-state index contributed by atoms with van der Waals surface area (Å²) >= 11 is 0. The van der Waals surface area contributed by atoms with Crippen LogP contribution >= 0.6 is 0 Å². The van der Waals surface area contributed by atoms with Gasteiger partial charge in [0.2, 0.25) is 0 Å². The van der Waals surface area contributed by atoms with Crippen LogP contribution in [0.5, 0.6) is 0 Å². The summed E-state index contributed by atoms with van der Waals surface area (Å²) in [5.41, 5.74) is 9.72. The van der Waals surface area contributed by atoms with Crippen molar-refractivity contribution >= 4 is 5.69 Å². The monoisotopic (exact) mass is 233 g/mol. The fourth-order valence-corrected chi connectivity index (χ4v) is 2.45. The van der Waals surface area contributed by atoms with Gasteiger partial charge in [-0.15, -0.1) is 0 Å². The number of aryl methyl sites for hydroxylation is 1. The summed E-state index contributed by atoms with van der Waals surface area (Å²) in [6.45, 7) is 8.33. The van der Waals surface area contributed by atoms with E-state index in [0.29, 0.717) is 12.6 Å². The number of nitrogens with zero attached hydrogens (tertiary/aromatic N) is 2. The quantitative estimate of drug-likeness (QED) is 0.842. The van der Waals surface area contributed by atoms with Crippen LogP contribution in [0.25, 0.3) is 0 Å². The summed E-state index contributed by atoms with van der Waals surface area (Å²) in [6, 6.07) is 7.21. The lowest BCUT2D eigenvalue weighted by atomic mass is 10.1. The van der Waals surface area contributed by atoms with Gasteiger partial charge in [0, 0.05) is 37.9 Å². The zero-order valence-corrected chi connectivity index (χ0v) is 11.1. The Balaban J connectivity index is 2.22. The molecule has 17 heavy (non-hydrogen) atoms. The summed E-state index contributed by atoms with van der Waals surface area (Å²) < 4.78 is 0. The Hall–Kier alpha value is -1.06. The molecule has 1 atom stereocenters. The van der Waals surface area contributed by atoms with Crippen molar-refractivity contribution in [3.63, 3.8) is 0 Å². The van der Waals surface area contributed by atoms with Gasteiger partial charge in [-0.3, -0.25) is 0 Å². The molecule has 0 radical (unpaired) electrons. The average Bonchev–Trinajstić information content (AvgIpc) is 2.32. The van der Waals surface area contributed by atoms with E-state index in [4.69, 9.17) is 5.73 Å². The molecule has 0 amide bonds. The summed E-state index contributed by atoms with van der Waals surface area (Å²) in [7, 11) is 2.20. The highest BCUT2D eigenvalue weighted by Gasteiger charge is 2.21. The van der Waals surface area contributed by atoms with E-state index in [2.05, 4.69) is 48.9 Å². The number of hydrogen-bond acceptors (Lipinski definition) is 3. The molecular formula is C14H23N3. The number of anilines is 1. The van der Waals surface area contributed by atoms with Gasteiger partial charge in [-0.05, 0) is 32.5 Å². The lowest BCUT2D eigenvalue weighted by Gasteiger charge is -2.39. The van der Waals surface area contributed by atoms with Crippen LogP contribution in [-0.2, 0) is 6.54 Å². The molecule has 0 spiro atoms. The molecule has 1 aromatic carbocycles. The molecule has 1 aliphatic heterocycles. The largest absolute Gasteiger partial charge is 0.368 e. The van der Waals surface area contributed by atoms with Crippen LogP contribution < -0.4 is 10.6 Å². The maximum atomic E-state index is 5.85. The van der Waals surface area contributed by atoms with Crippen LogP contribution in [0.1, 0.15) is 18.1 Å². The van der Waals surface area contributed by atoms with Gasteiger partial charge >= 0.3 is 0 Å². The van der Waals surface area contributed by atoms with Crippen molar-refractivity contribution in [3.05, 3.63) is 29.3 Å². The van der Waals surface area contributed by atoms with E-state index >= 15 is 0 Å². The highest BCUT2D eigenvalue weighted by atomic mass is 15.3. The standard InChI is InChI=1S/C14H23N3/c1-11-4-5-14(13(8-11)9-15)17-7-6-16(3)12(2)10-17/h4-5,8,12H,6-7,9-10,15H2,1-3H3. The third-order valence-corrected chi connectivity index (χ3v) is 3.76. The van der Waals surface area contributed by atoms with Crippen LogP contribution in [-0.4, -0.2) is 37.6 Å². The minimum Gasteiger partial charge on any atom is -0.368 e. The van der Waals surface area contributed by atoms with Gasteiger partial charge in [0.15, 0.2) is 0 Å². The zero-order valence-electron chi connectivity index (χ0n) is 11.1. The zero-order chi connectivity index (χ0) is 12.4. The highest BCUT2D eigenvalue weighted by Crippen LogP contribution is 2.24. The van der Waals surface area contributed by atoms with Crippen molar-refractivity contribution in [1.29, 1.82) is 0 Å². The summed E-state index contributed by atoms with van der Waals surface area (Å²) in [5.74, 6) is 0. The lowest BCUT2D eigenvalue weighted by molar-refractivity contribution is 0.234. The minimum atomic E-state index is 0.607. The number of rotatable bonds is 2. The number of nitrogens with two attached hydrogens (primary N) is 1. The molecule has 2 N–H and O–H groups in total. The Morgan fingerprint density at radius 3 is 2.76 bits per heavy atom. The molecule has 0 aliphatic carbocycles. The molecular weight excluding hydrogens is 210 g/mol. The minimum absolute atomic E-state index is 0.607. The van der Waals surface area contributed by atoms with Gasteiger partial charge in [-0.1, -0.05) is 17.7 Å². The number of hydrogen-bond donors (Lipinski definition) is 1. The van der Waals surface area contributed by atoms with E-state index in [-0.39, 0.29) is 0 Å². The van der Waals surface area contributed by atoms with Crippen molar-refractivity contribution in [2.24, 2.45) is 5.73 Å². The van der Waals surface area contributed by atoms with Gasteiger partial charge in [0.1, 0.15) is 0 Å².